The quantitative estimate of drug-likeness (QED) is 0.201. The van der Waals surface area contributed by atoms with Gasteiger partial charge in [-0.1, -0.05) is 84.5 Å². The Kier molecular flexibility index (Phi) is 13.7. The molecule has 2 nitrogen and oxygen atoms in total. The highest BCUT2D eigenvalue weighted by molar-refractivity contribution is 4.86. The predicted octanol–water partition coefficient (Wildman–Crippen LogP) is 7.40. The van der Waals surface area contributed by atoms with Gasteiger partial charge in [-0.25, -0.2) is 9.13 Å². The van der Waals surface area contributed by atoms with E-state index in [4.69, 9.17) is 0 Å². The minimum Gasteiger partial charge on any atom is -0.234 e. The number of aromatic nitrogens is 2. The van der Waals surface area contributed by atoms with E-state index in [0.717, 1.165) is 0 Å². The number of unbranched alkanes of at least 4 members (excludes halogenated alkanes) is 12. The van der Waals surface area contributed by atoms with Crippen LogP contribution in [0.1, 0.15) is 129 Å². The monoisotopic (exact) mass is 363 g/mol. The van der Waals surface area contributed by atoms with Crippen molar-refractivity contribution in [2.24, 2.45) is 0 Å². The van der Waals surface area contributed by atoms with Gasteiger partial charge in [0.25, 0.3) is 5.82 Å². The maximum atomic E-state index is 2.50. The van der Waals surface area contributed by atoms with Crippen molar-refractivity contribution in [3.8, 4) is 0 Å². The lowest BCUT2D eigenvalue weighted by atomic mass is 10.0. The zero-order valence-corrected chi connectivity index (χ0v) is 18.4. The molecule has 0 aliphatic rings. The van der Waals surface area contributed by atoms with Gasteiger partial charge in [0.2, 0.25) is 0 Å². The lowest BCUT2D eigenvalue weighted by Gasteiger charge is -2.07. The van der Waals surface area contributed by atoms with Crippen molar-refractivity contribution in [3.05, 3.63) is 18.2 Å². The van der Waals surface area contributed by atoms with E-state index in [0.29, 0.717) is 6.04 Å². The normalized spacial score (nSPS) is 11.6. The second-order valence-corrected chi connectivity index (χ2v) is 8.40. The van der Waals surface area contributed by atoms with Gasteiger partial charge >= 0.3 is 0 Å². The van der Waals surface area contributed by atoms with Crippen LogP contribution in [-0.2, 0) is 13.0 Å². The molecule has 1 rings (SSSR count). The Balaban J connectivity index is 2.02. The third-order valence-electron chi connectivity index (χ3n) is 5.57. The topological polar surface area (TPSA) is 8.81 Å². The van der Waals surface area contributed by atoms with Gasteiger partial charge in [0.05, 0.1) is 12.6 Å². The molecule has 0 atom stereocenters. The minimum absolute atomic E-state index is 0.574. The van der Waals surface area contributed by atoms with Crippen molar-refractivity contribution in [1.82, 2.24) is 4.57 Å². The Morgan fingerprint density at radius 3 is 1.69 bits per heavy atom. The summed E-state index contributed by atoms with van der Waals surface area (Å²) in [4.78, 5) is 0. The maximum Gasteiger partial charge on any atom is 0.256 e. The molecular weight excluding hydrogens is 316 g/mol. The molecule has 1 aromatic rings. The first kappa shape index (κ1) is 23.2. The third-order valence-corrected chi connectivity index (χ3v) is 5.57. The van der Waals surface area contributed by atoms with Crippen LogP contribution in [0.3, 0.4) is 0 Å². The van der Waals surface area contributed by atoms with Crippen LogP contribution in [0.15, 0.2) is 12.4 Å². The van der Waals surface area contributed by atoms with Gasteiger partial charge in [0.15, 0.2) is 0 Å². The fraction of sp³-hybridized carbons (Fsp3) is 0.875. The number of rotatable bonds is 17. The lowest BCUT2D eigenvalue weighted by molar-refractivity contribution is -0.704. The molecule has 1 aromatic heterocycles. The van der Waals surface area contributed by atoms with Crippen molar-refractivity contribution in [3.63, 3.8) is 0 Å². The molecule has 0 radical (unpaired) electrons. The number of aryl methyl sites for hydroxylation is 1. The van der Waals surface area contributed by atoms with Crippen molar-refractivity contribution < 1.29 is 4.57 Å². The van der Waals surface area contributed by atoms with E-state index in [2.05, 4.69) is 49.2 Å². The molecule has 0 aliphatic carbocycles. The Bertz CT molecular complexity index is 433. The molecule has 26 heavy (non-hydrogen) atoms. The Hall–Kier alpha value is -0.790. The second kappa shape index (κ2) is 15.3. The van der Waals surface area contributed by atoms with Crippen molar-refractivity contribution >= 4 is 0 Å². The average molecular weight is 364 g/mol. The predicted molar refractivity (Wildman–Crippen MR) is 115 cm³/mol. The van der Waals surface area contributed by atoms with Crippen molar-refractivity contribution in [1.29, 1.82) is 0 Å². The van der Waals surface area contributed by atoms with Crippen LogP contribution < -0.4 is 4.57 Å². The van der Waals surface area contributed by atoms with Crippen molar-refractivity contribution in [2.45, 2.75) is 137 Å². The molecule has 0 saturated heterocycles. The van der Waals surface area contributed by atoms with Gasteiger partial charge in [-0.3, -0.25) is 0 Å². The minimum atomic E-state index is 0.574. The smallest absolute Gasteiger partial charge is 0.234 e. The number of hydrogen-bond acceptors (Lipinski definition) is 0. The first-order chi connectivity index (χ1) is 12.7. The molecule has 0 bridgehead atoms. The number of hydrogen-bond donors (Lipinski definition) is 0. The molecule has 0 saturated carbocycles. The molecule has 0 amide bonds. The molecule has 0 spiro atoms. The van der Waals surface area contributed by atoms with Crippen LogP contribution in [0.4, 0.5) is 0 Å². The first-order valence-corrected chi connectivity index (χ1v) is 11.8. The van der Waals surface area contributed by atoms with E-state index in [-0.39, 0.29) is 0 Å². The number of nitrogens with zero attached hydrogens (tertiary/aromatic N) is 2. The summed E-state index contributed by atoms with van der Waals surface area (Å²) >= 11 is 0. The van der Waals surface area contributed by atoms with E-state index in [9.17, 15) is 0 Å². The van der Waals surface area contributed by atoms with Gasteiger partial charge in [0, 0.05) is 6.42 Å². The third kappa shape index (κ3) is 9.78. The Labute approximate surface area is 164 Å². The van der Waals surface area contributed by atoms with Crippen LogP contribution in [0, 0.1) is 0 Å². The fourth-order valence-corrected chi connectivity index (χ4v) is 3.94. The fourth-order valence-electron chi connectivity index (χ4n) is 3.94. The zero-order valence-electron chi connectivity index (χ0n) is 18.4. The molecule has 0 aliphatic heterocycles. The lowest BCUT2D eigenvalue weighted by Crippen LogP contribution is -2.37. The second-order valence-electron chi connectivity index (χ2n) is 8.40. The summed E-state index contributed by atoms with van der Waals surface area (Å²) in [6, 6.07) is 0.574. The Morgan fingerprint density at radius 1 is 0.731 bits per heavy atom. The van der Waals surface area contributed by atoms with Crippen LogP contribution in [-0.4, -0.2) is 4.57 Å². The summed E-state index contributed by atoms with van der Waals surface area (Å²) in [5.41, 5.74) is 0. The van der Waals surface area contributed by atoms with E-state index in [1.165, 1.54) is 109 Å². The summed E-state index contributed by atoms with van der Waals surface area (Å²) in [6.07, 6.45) is 25.6. The summed E-state index contributed by atoms with van der Waals surface area (Å²) in [5, 5.41) is 0. The Morgan fingerprint density at radius 2 is 1.23 bits per heavy atom. The largest absolute Gasteiger partial charge is 0.256 e. The van der Waals surface area contributed by atoms with E-state index >= 15 is 0 Å². The van der Waals surface area contributed by atoms with Crippen LogP contribution in [0.2, 0.25) is 0 Å². The maximum absolute atomic E-state index is 2.50. The molecule has 152 valence electrons. The highest BCUT2D eigenvalue weighted by Crippen LogP contribution is 2.13. The summed E-state index contributed by atoms with van der Waals surface area (Å²) in [5.74, 6) is 1.52. The van der Waals surface area contributed by atoms with Gasteiger partial charge < -0.3 is 0 Å². The molecular formula is C24H47N2+. The molecule has 2 heteroatoms. The number of imidazole rings is 1. The van der Waals surface area contributed by atoms with E-state index < -0.39 is 0 Å². The highest BCUT2D eigenvalue weighted by atomic mass is 15.2. The molecule has 0 fully saturated rings. The van der Waals surface area contributed by atoms with E-state index in [1.54, 1.807) is 0 Å². The zero-order chi connectivity index (χ0) is 19.0. The van der Waals surface area contributed by atoms with Gasteiger partial charge in [0.1, 0.15) is 12.4 Å². The molecule has 0 aromatic carbocycles. The molecule has 0 unspecified atom stereocenters. The van der Waals surface area contributed by atoms with Crippen LogP contribution in [0.25, 0.3) is 0 Å². The van der Waals surface area contributed by atoms with Gasteiger partial charge in [-0.2, -0.15) is 0 Å². The standard InChI is InChI=1S/C24H47N2/c1-5-7-8-9-10-11-12-13-14-15-16-17-18-20-25-21-22-26(23(3)4)24(25)19-6-2/h21-23H,5-20H2,1-4H3/q+1. The van der Waals surface area contributed by atoms with Crippen LogP contribution in [0.5, 0.6) is 0 Å². The summed E-state index contributed by atoms with van der Waals surface area (Å²) in [7, 11) is 0. The van der Waals surface area contributed by atoms with E-state index in [1.807, 2.05) is 0 Å². The summed E-state index contributed by atoms with van der Waals surface area (Å²) < 4.78 is 4.95. The van der Waals surface area contributed by atoms with Gasteiger partial charge in [-0.05, 0) is 33.1 Å². The molecule has 1 heterocycles. The van der Waals surface area contributed by atoms with Crippen molar-refractivity contribution in [2.75, 3.05) is 0 Å². The molecule has 0 N–H and O–H groups in total. The van der Waals surface area contributed by atoms with Crippen LogP contribution >= 0.6 is 0 Å². The summed E-state index contributed by atoms with van der Waals surface area (Å²) in [6.45, 7) is 10.4. The highest BCUT2D eigenvalue weighted by Gasteiger charge is 2.17. The average Bonchev–Trinajstić information content (AvgIpc) is 3.02. The first-order valence-electron chi connectivity index (χ1n) is 11.8. The van der Waals surface area contributed by atoms with Gasteiger partial charge in [-0.15, -0.1) is 0 Å². The SMILES string of the molecule is CCCCCCCCCCCCCCC[n+]1ccn(C(C)C)c1CCC.